The summed E-state index contributed by atoms with van der Waals surface area (Å²) in [7, 11) is 0. The van der Waals surface area contributed by atoms with Crippen LogP contribution in [0.5, 0.6) is 5.75 Å². The molecule has 0 saturated carbocycles. The van der Waals surface area contributed by atoms with E-state index in [0.717, 1.165) is 5.56 Å². The van der Waals surface area contributed by atoms with Crippen LogP contribution >= 0.6 is 0 Å². The molecule has 13 heavy (non-hydrogen) atoms. The molecule has 4 nitrogen and oxygen atoms in total. The van der Waals surface area contributed by atoms with Gasteiger partial charge < -0.3 is 4.74 Å². The zero-order chi connectivity index (χ0) is 9.52. The Balaban J connectivity index is 2.70. The number of ether oxygens (including phenoxy) is 1. The first-order valence-corrected chi connectivity index (χ1v) is 3.55. The molecule has 0 bridgehead atoms. The summed E-state index contributed by atoms with van der Waals surface area (Å²) in [4.78, 5) is 13.2. The number of isocyanates is 1. The van der Waals surface area contributed by atoms with Crippen molar-refractivity contribution in [2.75, 3.05) is 0 Å². The quantitative estimate of drug-likeness (QED) is 0.395. The monoisotopic (exact) mass is 174 g/mol. The van der Waals surface area contributed by atoms with Crippen molar-refractivity contribution >= 4 is 6.08 Å². The number of hydrogen-bond acceptors (Lipinski definition) is 4. The second-order valence-electron chi connectivity index (χ2n) is 2.24. The van der Waals surface area contributed by atoms with Crippen molar-refractivity contribution in [3.05, 3.63) is 29.8 Å². The highest BCUT2D eigenvalue weighted by Gasteiger charge is 1.93. The molecule has 0 heterocycles. The van der Waals surface area contributed by atoms with E-state index in [1.165, 1.54) is 6.08 Å². The molecule has 0 unspecified atom stereocenters. The van der Waals surface area contributed by atoms with Crippen molar-refractivity contribution in [3.63, 3.8) is 0 Å². The van der Waals surface area contributed by atoms with Crippen LogP contribution in [-0.2, 0) is 11.3 Å². The molecule has 0 aromatic heterocycles. The first kappa shape index (κ1) is 8.98. The van der Waals surface area contributed by atoms with Gasteiger partial charge >= 0.3 is 0 Å². The molecule has 0 aliphatic carbocycles. The van der Waals surface area contributed by atoms with Crippen molar-refractivity contribution < 1.29 is 9.53 Å². The lowest BCUT2D eigenvalue weighted by Crippen LogP contribution is -1.83. The maximum atomic E-state index is 9.79. The van der Waals surface area contributed by atoms with Crippen LogP contribution in [-0.4, -0.2) is 6.08 Å². The summed E-state index contributed by atoms with van der Waals surface area (Å²) < 4.78 is 4.56. The second-order valence-corrected chi connectivity index (χ2v) is 2.24. The van der Waals surface area contributed by atoms with Gasteiger partial charge in [-0.1, -0.05) is 12.1 Å². The molecule has 0 radical (unpaired) electrons. The maximum absolute atomic E-state index is 9.79. The maximum Gasteiger partial charge on any atom is 0.292 e. The molecule has 0 atom stereocenters. The minimum atomic E-state index is 0.302. The van der Waals surface area contributed by atoms with Crippen molar-refractivity contribution in [2.24, 2.45) is 4.99 Å². The molecule has 4 heteroatoms. The van der Waals surface area contributed by atoms with Crippen LogP contribution in [0.15, 0.2) is 29.3 Å². The minimum Gasteiger partial charge on any atom is -0.388 e. The lowest BCUT2D eigenvalue weighted by atomic mass is 10.2. The van der Waals surface area contributed by atoms with Crippen LogP contribution in [0, 0.1) is 11.5 Å². The number of nitriles is 1. The van der Waals surface area contributed by atoms with Crippen molar-refractivity contribution in [1.82, 2.24) is 0 Å². The fourth-order valence-electron chi connectivity index (χ4n) is 0.839. The van der Waals surface area contributed by atoms with Gasteiger partial charge in [0, 0.05) is 0 Å². The van der Waals surface area contributed by atoms with E-state index in [2.05, 4.69) is 9.73 Å². The van der Waals surface area contributed by atoms with E-state index < -0.39 is 0 Å². The second kappa shape index (κ2) is 4.70. The molecule has 0 N–H and O–H groups in total. The third-order valence-corrected chi connectivity index (χ3v) is 1.41. The highest BCUT2D eigenvalue weighted by molar-refractivity contribution is 5.34. The van der Waals surface area contributed by atoms with Crippen LogP contribution < -0.4 is 4.74 Å². The molecule has 0 aliphatic heterocycles. The number of benzene rings is 1. The molecule has 64 valence electrons. The van der Waals surface area contributed by atoms with Gasteiger partial charge in [0.15, 0.2) is 0 Å². The Kier molecular flexibility index (Phi) is 3.25. The molecule has 0 spiro atoms. The normalized spacial score (nSPS) is 8.23. The Labute approximate surface area is 75.1 Å². The van der Waals surface area contributed by atoms with E-state index in [0.29, 0.717) is 12.3 Å². The summed E-state index contributed by atoms with van der Waals surface area (Å²) in [5, 5.41) is 8.19. The fourth-order valence-corrected chi connectivity index (χ4v) is 0.839. The average Bonchev–Trinajstić information content (AvgIpc) is 2.17. The summed E-state index contributed by atoms with van der Waals surface area (Å²) >= 11 is 0. The number of hydrogen-bond donors (Lipinski definition) is 0. The van der Waals surface area contributed by atoms with E-state index in [1.54, 1.807) is 30.5 Å². The Bertz CT molecular complexity index is 358. The van der Waals surface area contributed by atoms with Gasteiger partial charge in [-0.25, -0.2) is 9.79 Å². The smallest absolute Gasteiger partial charge is 0.292 e. The minimum absolute atomic E-state index is 0.302. The van der Waals surface area contributed by atoms with Gasteiger partial charge in [0.2, 0.25) is 6.08 Å². The summed E-state index contributed by atoms with van der Waals surface area (Å²) in [6.07, 6.45) is 3.01. The van der Waals surface area contributed by atoms with Crippen LogP contribution in [0.1, 0.15) is 5.56 Å². The summed E-state index contributed by atoms with van der Waals surface area (Å²) in [5.74, 6) is 0.473. The molecule has 1 rings (SSSR count). The number of carbonyl (C=O) groups excluding carboxylic acids is 1. The lowest BCUT2D eigenvalue weighted by molar-refractivity contribution is 0.507. The topological polar surface area (TPSA) is 62.4 Å². The summed E-state index contributed by atoms with van der Waals surface area (Å²) in [5.41, 5.74) is 0.869. The predicted octanol–water partition coefficient (Wildman–Crippen LogP) is 1.38. The first-order valence-electron chi connectivity index (χ1n) is 3.55. The zero-order valence-corrected chi connectivity index (χ0v) is 6.73. The van der Waals surface area contributed by atoms with Gasteiger partial charge in [-0.2, -0.15) is 0 Å². The van der Waals surface area contributed by atoms with Gasteiger partial charge in [0.25, 0.3) is 6.26 Å². The van der Waals surface area contributed by atoms with Crippen LogP contribution in [0.2, 0.25) is 0 Å². The van der Waals surface area contributed by atoms with Gasteiger partial charge in [0.1, 0.15) is 5.75 Å². The van der Waals surface area contributed by atoms with Crippen LogP contribution in [0.25, 0.3) is 0 Å². The highest BCUT2D eigenvalue weighted by Crippen LogP contribution is 2.11. The molecule has 1 aromatic rings. The molecular formula is C9H6N2O2. The third kappa shape index (κ3) is 2.78. The highest BCUT2D eigenvalue weighted by atomic mass is 16.5. The summed E-state index contributed by atoms with van der Waals surface area (Å²) in [6.45, 7) is 0.302. The van der Waals surface area contributed by atoms with Gasteiger partial charge in [-0.3, -0.25) is 0 Å². The van der Waals surface area contributed by atoms with E-state index in [-0.39, 0.29) is 0 Å². The Morgan fingerprint density at radius 3 is 2.62 bits per heavy atom. The van der Waals surface area contributed by atoms with Gasteiger partial charge in [-0.05, 0) is 17.7 Å². The van der Waals surface area contributed by atoms with Crippen molar-refractivity contribution in [1.29, 1.82) is 5.26 Å². The Morgan fingerprint density at radius 2 is 2.08 bits per heavy atom. The van der Waals surface area contributed by atoms with Crippen molar-refractivity contribution in [3.8, 4) is 12.0 Å². The van der Waals surface area contributed by atoms with E-state index >= 15 is 0 Å². The summed E-state index contributed by atoms with van der Waals surface area (Å²) in [6, 6.07) is 6.73. The van der Waals surface area contributed by atoms with Crippen LogP contribution in [0.3, 0.4) is 0 Å². The first-order chi connectivity index (χ1) is 6.36. The third-order valence-electron chi connectivity index (χ3n) is 1.41. The van der Waals surface area contributed by atoms with Gasteiger partial charge in [0.05, 0.1) is 6.54 Å². The molecule has 1 aromatic carbocycles. The molecule has 0 amide bonds. The fraction of sp³-hybridized carbons (Fsp3) is 0.111. The zero-order valence-electron chi connectivity index (χ0n) is 6.73. The average molecular weight is 174 g/mol. The van der Waals surface area contributed by atoms with E-state index in [9.17, 15) is 4.79 Å². The van der Waals surface area contributed by atoms with Crippen LogP contribution in [0.4, 0.5) is 0 Å². The SMILES string of the molecule is N#COc1ccc(CN=C=O)cc1. The van der Waals surface area contributed by atoms with E-state index in [4.69, 9.17) is 5.26 Å². The molecular weight excluding hydrogens is 168 g/mol. The standard InChI is InChI=1S/C9H6N2O2/c10-6-13-9-3-1-8(2-4-9)5-11-7-12/h1-4H,5H2. The lowest BCUT2D eigenvalue weighted by Gasteiger charge is -1.96. The van der Waals surface area contributed by atoms with Crippen molar-refractivity contribution in [2.45, 2.75) is 6.54 Å². The predicted molar refractivity (Wildman–Crippen MR) is 44.5 cm³/mol. The number of aliphatic imine (C=N–C) groups is 1. The molecule has 0 fully saturated rings. The Hall–Kier alpha value is -2.11. The Morgan fingerprint density at radius 1 is 1.38 bits per heavy atom. The number of rotatable bonds is 3. The molecule has 0 saturated heterocycles. The van der Waals surface area contributed by atoms with Gasteiger partial charge in [-0.15, -0.1) is 5.26 Å². The molecule has 0 aliphatic rings. The van der Waals surface area contributed by atoms with E-state index in [1.807, 2.05) is 0 Å². The number of nitrogens with zero attached hydrogens (tertiary/aromatic N) is 2. The largest absolute Gasteiger partial charge is 0.388 e.